The smallest absolute Gasteiger partial charge is 0.323 e. The number of unbranched alkanes of at least 4 members (excludes halogenated alkanes) is 14. The normalized spacial score (nSPS) is 13.5. The predicted molar refractivity (Wildman–Crippen MR) is 177 cm³/mol. The van der Waals surface area contributed by atoms with Crippen molar-refractivity contribution in [3.05, 3.63) is 12.5 Å². The second-order valence-electron chi connectivity index (χ2n) is 12.5. The lowest BCUT2D eigenvalue weighted by atomic mass is 10.0. The van der Waals surface area contributed by atoms with E-state index in [0.717, 1.165) is 25.7 Å². The summed E-state index contributed by atoms with van der Waals surface area (Å²) >= 11 is 0. The van der Waals surface area contributed by atoms with Gasteiger partial charge in [0.05, 0.1) is 25.7 Å². The van der Waals surface area contributed by atoms with Crippen molar-refractivity contribution in [3.63, 3.8) is 0 Å². The molecule has 0 aliphatic rings. The number of carbonyl (C=O) groups is 2. The number of nitrogens with two attached hydrogens (primary N) is 2. The Morgan fingerprint density at radius 1 is 0.841 bits per heavy atom. The Labute approximate surface area is 265 Å². The Bertz CT molecular complexity index is 1060. The average molecular weight is 617 g/mol. The van der Waals surface area contributed by atoms with E-state index in [4.69, 9.17) is 20.9 Å². The Hall–Kier alpha value is -2.75. The van der Waals surface area contributed by atoms with Crippen molar-refractivity contribution in [2.75, 3.05) is 18.9 Å². The maximum atomic E-state index is 12.5. The van der Waals surface area contributed by atoms with Gasteiger partial charge >= 0.3 is 11.9 Å². The first kappa shape index (κ1) is 37.4. The van der Waals surface area contributed by atoms with Gasteiger partial charge in [0.25, 0.3) is 0 Å². The van der Waals surface area contributed by atoms with Crippen LogP contribution in [0.5, 0.6) is 0 Å². The van der Waals surface area contributed by atoms with Gasteiger partial charge in [-0.15, -0.1) is 0 Å². The number of aryl methyl sites for hydroxylation is 1. The number of ether oxygens (including phenoxy) is 2. The van der Waals surface area contributed by atoms with Crippen molar-refractivity contribution >= 4 is 29.1 Å². The van der Waals surface area contributed by atoms with Crippen LogP contribution in [0.2, 0.25) is 0 Å². The molecule has 3 atom stereocenters. The van der Waals surface area contributed by atoms with Gasteiger partial charge in [-0.25, -0.2) is 9.97 Å². The van der Waals surface area contributed by atoms with Crippen LogP contribution in [-0.2, 0) is 25.6 Å². The molecule has 2 aromatic heterocycles. The van der Waals surface area contributed by atoms with Crippen molar-refractivity contribution < 1.29 is 19.1 Å². The Morgan fingerprint density at radius 3 is 2.00 bits per heavy atom. The molecule has 0 fully saturated rings. The van der Waals surface area contributed by atoms with E-state index in [9.17, 15) is 9.59 Å². The zero-order valence-corrected chi connectivity index (χ0v) is 27.8. The minimum Gasteiger partial charge on any atom is -0.465 e. The average Bonchev–Trinajstić information content (AvgIpc) is 3.43. The lowest BCUT2D eigenvalue weighted by Gasteiger charge is -2.21. The van der Waals surface area contributed by atoms with Crippen molar-refractivity contribution in [1.82, 2.24) is 19.5 Å². The van der Waals surface area contributed by atoms with E-state index in [0.29, 0.717) is 30.6 Å². The maximum absolute atomic E-state index is 12.5. The van der Waals surface area contributed by atoms with Gasteiger partial charge in [-0.1, -0.05) is 117 Å². The molecule has 0 saturated carbocycles. The molecule has 44 heavy (non-hydrogen) atoms. The van der Waals surface area contributed by atoms with Gasteiger partial charge in [-0.3, -0.25) is 9.59 Å². The molecular weight excluding hydrogens is 556 g/mol. The summed E-state index contributed by atoms with van der Waals surface area (Å²) in [6.45, 7) is 7.03. The maximum Gasteiger partial charge on any atom is 0.323 e. The van der Waals surface area contributed by atoms with Gasteiger partial charge < -0.3 is 25.5 Å². The molecule has 250 valence electrons. The van der Waals surface area contributed by atoms with E-state index in [-0.39, 0.29) is 37.0 Å². The summed E-state index contributed by atoms with van der Waals surface area (Å²) in [7, 11) is 0. The van der Waals surface area contributed by atoms with Gasteiger partial charge in [-0.2, -0.15) is 4.98 Å². The fourth-order valence-electron chi connectivity index (χ4n) is 5.27. The summed E-state index contributed by atoms with van der Waals surface area (Å²) in [4.78, 5) is 37.6. The number of nitrogen functional groups attached to an aromatic ring is 1. The molecule has 4 N–H and O–H groups in total. The lowest BCUT2D eigenvalue weighted by molar-refractivity contribution is -0.151. The van der Waals surface area contributed by atoms with Crippen LogP contribution in [0.15, 0.2) is 12.5 Å². The summed E-state index contributed by atoms with van der Waals surface area (Å²) in [5.41, 5.74) is 13.1. The summed E-state index contributed by atoms with van der Waals surface area (Å²) < 4.78 is 13.1. The summed E-state index contributed by atoms with van der Waals surface area (Å²) in [6, 6.07) is -0.675. The number of fused-ring (bicyclic) bond motifs is 1. The van der Waals surface area contributed by atoms with Crippen molar-refractivity contribution in [3.8, 4) is 0 Å². The lowest BCUT2D eigenvalue weighted by Crippen LogP contribution is -2.39. The Morgan fingerprint density at radius 2 is 1.41 bits per heavy atom. The largest absolute Gasteiger partial charge is 0.465 e. The zero-order chi connectivity index (χ0) is 32.0. The van der Waals surface area contributed by atoms with Crippen molar-refractivity contribution in [1.29, 1.82) is 0 Å². The molecule has 0 spiro atoms. The van der Waals surface area contributed by atoms with Crippen LogP contribution >= 0.6 is 0 Å². The number of anilines is 1. The van der Waals surface area contributed by atoms with Crippen LogP contribution in [0.1, 0.15) is 136 Å². The molecule has 0 radical (unpaired) electrons. The minimum atomic E-state index is -0.675. The molecule has 2 aromatic rings. The third kappa shape index (κ3) is 15.3. The van der Waals surface area contributed by atoms with Crippen LogP contribution in [-0.4, -0.2) is 50.7 Å². The second kappa shape index (κ2) is 22.7. The van der Waals surface area contributed by atoms with Crippen molar-refractivity contribution in [2.24, 2.45) is 17.6 Å². The van der Waals surface area contributed by atoms with Gasteiger partial charge in [0.2, 0.25) is 5.95 Å². The van der Waals surface area contributed by atoms with Crippen LogP contribution in [0.25, 0.3) is 11.2 Å². The predicted octanol–water partition coefficient (Wildman–Crippen LogP) is 7.14. The Balaban J connectivity index is 1.65. The van der Waals surface area contributed by atoms with Gasteiger partial charge in [0.1, 0.15) is 11.6 Å². The number of hydrogen-bond donors (Lipinski definition) is 2. The highest BCUT2D eigenvalue weighted by Gasteiger charge is 2.23. The highest BCUT2D eigenvalue weighted by atomic mass is 16.5. The first-order chi connectivity index (χ1) is 21.3. The van der Waals surface area contributed by atoms with E-state index in [2.05, 4.69) is 21.9 Å². The SMILES string of the molecule is CCCCCCCCCCCCCCCCCC(=O)OCC(CCn1cnc2cnc(N)nc21)COC(=O)[C@@H](N)[C@@H](C)CC. The Kier molecular flexibility index (Phi) is 19.3. The first-order valence-electron chi connectivity index (χ1n) is 17.4. The number of rotatable bonds is 26. The third-order valence-corrected chi connectivity index (χ3v) is 8.61. The van der Waals surface area contributed by atoms with Crippen LogP contribution in [0.4, 0.5) is 5.95 Å². The molecule has 0 aromatic carbocycles. The molecule has 10 heteroatoms. The fraction of sp³-hybridized carbons (Fsp3) is 0.794. The molecule has 10 nitrogen and oxygen atoms in total. The highest BCUT2D eigenvalue weighted by molar-refractivity contribution is 5.75. The van der Waals surface area contributed by atoms with Crippen LogP contribution in [0, 0.1) is 11.8 Å². The second-order valence-corrected chi connectivity index (χ2v) is 12.5. The number of hydrogen-bond acceptors (Lipinski definition) is 9. The topological polar surface area (TPSA) is 148 Å². The molecule has 2 rings (SSSR count). The third-order valence-electron chi connectivity index (χ3n) is 8.61. The number of nitrogens with zero attached hydrogens (tertiary/aromatic N) is 4. The number of esters is 2. The minimum absolute atomic E-state index is 0.0242. The molecule has 1 unspecified atom stereocenters. The molecule has 0 aliphatic carbocycles. The summed E-state index contributed by atoms with van der Waals surface area (Å²) in [6.07, 6.45) is 24.3. The number of aromatic nitrogens is 4. The molecule has 2 heterocycles. The molecule has 0 saturated heterocycles. The van der Waals surface area contributed by atoms with Crippen LogP contribution < -0.4 is 11.5 Å². The quantitative estimate of drug-likeness (QED) is 0.0831. The van der Waals surface area contributed by atoms with E-state index < -0.39 is 12.0 Å². The van der Waals surface area contributed by atoms with E-state index >= 15 is 0 Å². The summed E-state index contributed by atoms with van der Waals surface area (Å²) in [5.74, 6) is -0.625. The molecule has 0 bridgehead atoms. The zero-order valence-electron chi connectivity index (χ0n) is 27.8. The van der Waals surface area contributed by atoms with Gasteiger partial charge in [0, 0.05) is 18.9 Å². The van der Waals surface area contributed by atoms with Crippen LogP contribution in [0.3, 0.4) is 0 Å². The first-order valence-corrected chi connectivity index (χ1v) is 17.4. The standard InChI is InChI=1S/C34H60N6O4/c1-4-6-7-8-9-10-11-12-13-14-15-16-17-18-19-20-30(41)43-24-28(25-44-33(42)31(35)27(3)5-2)21-22-40-26-38-29-23-37-34(36)39-32(29)40/h23,26-28,31H,4-22,24-25,35H2,1-3H3,(H2,36,37,39)/t27-,28?,31-/m0/s1. The van der Waals surface area contributed by atoms with Crippen molar-refractivity contribution in [2.45, 2.75) is 149 Å². The fourth-order valence-corrected chi connectivity index (χ4v) is 5.27. The van der Waals surface area contributed by atoms with E-state index in [1.54, 1.807) is 12.5 Å². The molecule has 0 aliphatic heterocycles. The number of imidazole rings is 1. The molecular formula is C34H60N6O4. The van der Waals surface area contributed by atoms with Gasteiger partial charge in [0.15, 0.2) is 5.65 Å². The van der Waals surface area contributed by atoms with E-state index in [1.807, 2.05) is 18.4 Å². The highest BCUT2D eigenvalue weighted by Crippen LogP contribution is 2.17. The summed E-state index contributed by atoms with van der Waals surface area (Å²) in [5, 5.41) is 0. The van der Waals surface area contributed by atoms with E-state index in [1.165, 1.54) is 77.0 Å². The monoisotopic (exact) mass is 616 g/mol. The number of carbonyl (C=O) groups excluding carboxylic acids is 2. The van der Waals surface area contributed by atoms with Gasteiger partial charge in [-0.05, 0) is 18.8 Å². The molecule has 0 amide bonds.